The van der Waals surface area contributed by atoms with E-state index in [9.17, 15) is 0 Å². The molecule has 0 unspecified atom stereocenters. The molecule has 0 spiro atoms. The zero-order valence-corrected chi connectivity index (χ0v) is 43.9. The normalized spacial score (nSPS) is 11.3. The molecule has 0 N–H and O–H groups in total. The molecule has 0 radical (unpaired) electrons. The predicted octanol–water partition coefficient (Wildman–Crippen LogP) is 17.6. The van der Waals surface area contributed by atoms with E-state index >= 15 is 0 Å². The Hall–Kier alpha value is -8.86. The fourth-order valence-corrected chi connectivity index (χ4v) is 10.5. The molecular weight excluding hydrogens is 1100 g/mol. The van der Waals surface area contributed by atoms with E-state index in [4.69, 9.17) is 9.40 Å². The number of para-hydroxylation sites is 2. The number of benzene rings is 9. The molecule has 0 atom stereocenters. The number of nitrogens with zero attached hydrogens (tertiary/aromatic N) is 3. The average molecular weight is 1150 g/mol. The van der Waals surface area contributed by atoms with Gasteiger partial charge in [0.25, 0.3) is 0 Å². The number of aromatic nitrogens is 3. The van der Waals surface area contributed by atoms with E-state index in [-0.39, 0.29) is 20.1 Å². The summed E-state index contributed by atoms with van der Waals surface area (Å²) in [5.41, 5.74) is 22.3. The van der Waals surface area contributed by atoms with Crippen molar-refractivity contribution in [1.82, 2.24) is 15.0 Å². The Morgan fingerprint density at radius 3 is 1.59 bits per heavy atom. The second kappa shape index (κ2) is 21.5. The first kappa shape index (κ1) is 48.1. The summed E-state index contributed by atoms with van der Waals surface area (Å²) in [5, 5.41) is 3.32. The monoisotopic (exact) mass is 1150 g/mol. The molecule has 0 saturated heterocycles. The number of hydrogen-bond donors (Lipinski definition) is 0. The van der Waals surface area contributed by atoms with Crippen molar-refractivity contribution in [2.45, 2.75) is 25.7 Å². The Bertz CT molecular complexity index is 4050. The molecular formula is C71H48IrN3O. The number of aryl methyl sites for hydroxylation is 4. The van der Waals surface area contributed by atoms with Crippen LogP contribution < -0.4 is 0 Å². The van der Waals surface area contributed by atoms with Crippen LogP contribution in [0.15, 0.2) is 247 Å². The van der Waals surface area contributed by atoms with Gasteiger partial charge >= 0.3 is 20.1 Å². The number of furan rings is 1. The van der Waals surface area contributed by atoms with E-state index in [0.717, 1.165) is 131 Å². The molecule has 0 aliphatic rings. The Morgan fingerprint density at radius 2 is 0.921 bits per heavy atom. The van der Waals surface area contributed by atoms with E-state index in [2.05, 4.69) is 210 Å². The van der Waals surface area contributed by atoms with Gasteiger partial charge in [0.05, 0.1) is 5.52 Å². The predicted molar refractivity (Wildman–Crippen MR) is 307 cm³/mol. The third kappa shape index (κ3) is 9.95. The van der Waals surface area contributed by atoms with E-state index < -0.39 is 0 Å². The van der Waals surface area contributed by atoms with Crippen molar-refractivity contribution in [3.05, 3.63) is 283 Å². The summed E-state index contributed by atoms with van der Waals surface area (Å²) in [6.07, 6.45) is 7.17. The van der Waals surface area contributed by atoms with Crippen LogP contribution in [0.25, 0.3) is 111 Å². The fourth-order valence-electron chi connectivity index (χ4n) is 10.5. The number of pyridine rings is 3. The quantitative estimate of drug-likeness (QED) is 0.108. The summed E-state index contributed by atoms with van der Waals surface area (Å²) in [6, 6.07) is 92.3. The van der Waals surface area contributed by atoms with Crippen LogP contribution in [0.3, 0.4) is 0 Å². The number of fused-ring (bicyclic) bond motifs is 4. The summed E-state index contributed by atoms with van der Waals surface area (Å²) < 4.78 is 6.54. The maximum Gasteiger partial charge on any atom is 3.00 e. The second-order valence-electron chi connectivity index (χ2n) is 19.2. The van der Waals surface area contributed by atoms with Gasteiger partial charge in [0, 0.05) is 28.6 Å². The molecule has 5 heteroatoms. The zero-order valence-electron chi connectivity index (χ0n) is 41.5. The van der Waals surface area contributed by atoms with Crippen molar-refractivity contribution in [3.63, 3.8) is 0 Å². The summed E-state index contributed by atoms with van der Waals surface area (Å²) in [6.45, 7) is 0. The van der Waals surface area contributed by atoms with E-state index in [0.29, 0.717) is 0 Å². The molecule has 4 nitrogen and oxygen atoms in total. The molecule has 0 amide bonds. The maximum atomic E-state index is 6.54. The largest absolute Gasteiger partial charge is 3.00 e. The minimum atomic E-state index is 0. The maximum absolute atomic E-state index is 6.54. The number of rotatable bonds is 13. The van der Waals surface area contributed by atoms with Gasteiger partial charge in [-0.15, -0.1) is 94.5 Å². The average Bonchev–Trinajstić information content (AvgIpc) is 3.87. The standard InChI is InChI=1S/C71H48N3O.Ir/c1-2-14-52(15-3-1)65-47-69(74-68-22-8-6-18-61(65)68)56-37-38-60(64(45-56)55-36-39-63-62-19-7-9-23-70(62)75-71(63)46-55)59-17-5-4-16-58(59)57-43-50(26-24-48-28-32-53(33-29-48)66-20-10-12-40-72-66)42-51(44-57)27-25-49-30-34-54(35-31-49)67-21-11-13-41-73-67;/h1-23,28-32,34,36,38-47H,24-27H2;/q-3;+3. The minimum absolute atomic E-state index is 0. The summed E-state index contributed by atoms with van der Waals surface area (Å²) in [7, 11) is 0. The zero-order chi connectivity index (χ0) is 49.9. The molecule has 4 aromatic heterocycles. The molecule has 13 aromatic rings. The van der Waals surface area contributed by atoms with Crippen LogP contribution in [0, 0.1) is 18.2 Å². The van der Waals surface area contributed by atoms with Gasteiger partial charge in [0.2, 0.25) is 0 Å². The van der Waals surface area contributed by atoms with Crippen LogP contribution in [0.1, 0.15) is 22.3 Å². The second-order valence-corrected chi connectivity index (χ2v) is 19.2. The first-order valence-electron chi connectivity index (χ1n) is 25.6. The first-order valence-corrected chi connectivity index (χ1v) is 25.6. The van der Waals surface area contributed by atoms with Gasteiger partial charge in [-0.05, 0) is 105 Å². The Kier molecular flexibility index (Phi) is 13.6. The first-order chi connectivity index (χ1) is 37.1. The Labute approximate surface area is 456 Å². The summed E-state index contributed by atoms with van der Waals surface area (Å²) >= 11 is 0. The molecule has 9 aromatic carbocycles. The number of hydrogen-bond acceptors (Lipinski definition) is 4. The van der Waals surface area contributed by atoms with Gasteiger partial charge in [-0.1, -0.05) is 175 Å². The Balaban J connectivity index is 0.00000582. The van der Waals surface area contributed by atoms with Crippen molar-refractivity contribution < 1.29 is 24.5 Å². The van der Waals surface area contributed by atoms with Crippen molar-refractivity contribution in [3.8, 4) is 78.3 Å². The smallest absolute Gasteiger partial charge is 0.456 e. The van der Waals surface area contributed by atoms with Crippen LogP contribution in [0.5, 0.6) is 0 Å². The van der Waals surface area contributed by atoms with Crippen LogP contribution in [0.4, 0.5) is 0 Å². The molecule has 362 valence electrons. The van der Waals surface area contributed by atoms with Crippen LogP contribution >= 0.6 is 0 Å². The minimum Gasteiger partial charge on any atom is -0.456 e. The molecule has 4 heterocycles. The van der Waals surface area contributed by atoms with Crippen LogP contribution in [0.2, 0.25) is 0 Å². The SMILES string of the molecule is [Ir+3].[c-]1cc(CCc2cc(CCc3c[c-]c(-c4ccccn4)cc3)cc(-c3ccccc3-c3c[c-]c(-c4cc(-c5ccccc5)c5ccccc5n4)cc3-c3ccc4c(c3)oc3ccccc34)c2)ccc1-c1ccccn1. The molecule has 0 aliphatic carbocycles. The summed E-state index contributed by atoms with van der Waals surface area (Å²) in [4.78, 5) is 14.4. The fraction of sp³-hybridized carbons (Fsp3) is 0.0563. The molecule has 0 aliphatic heterocycles. The van der Waals surface area contributed by atoms with Gasteiger partial charge in [-0.25, -0.2) is 0 Å². The van der Waals surface area contributed by atoms with E-state index in [1.54, 1.807) is 0 Å². The summed E-state index contributed by atoms with van der Waals surface area (Å²) in [5.74, 6) is 0. The van der Waals surface area contributed by atoms with E-state index in [1.807, 2.05) is 60.9 Å². The van der Waals surface area contributed by atoms with Gasteiger partial charge in [0.1, 0.15) is 11.2 Å². The van der Waals surface area contributed by atoms with Crippen molar-refractivity contribution in [2.24, 2.45) is 0 Å². The Morgan fingerprint density at radius 1 is 0.329 bits per heavy atom. The van der Waals surface area contributed by atoms with Crippen LogP contribution in [-0.4, -0.2) is 15.0 Å². The molecule has 0 fully saturated rings. The molecule has 0 bridgehead atoms. The van der Waals surface area contributed by atoms with Gasteiger partial charge in [-0.3, -0.25) is 4.98 Å². The van der Waals surface area contributed by atoms with Crippen molar-refractivity contribution in [2.75, 3.05) is 0 Å². The van der Waals surface area contributed by atoms with Crippen molar-refractivity contribution in [1.29, 1.82) is 0 Å². The van der Waals surface area contributed by atoms with Crippen LogP contribution in [-0.2, 0) is 45.8 Å². The van der Waals surface area contributed by atoms with Gasteiger partial charge in [0.15, 0.2) is 0 Å². The van der Waals surface area contributed by atoms with E-state index in [1.165, 1.54) is 27.8 Å². The molecule has 76 heavy (non-hydrogen) atoms. The van der Waals surface area contributed by atoms with Crippen molar-refractivity contribution >= 4 is 32.8 Å². The molecule has 13 rings (SSSR count). The molecule has 0 saturated carbocycles. The van der Waals surface area contributed by atoms with Gasteiger partial charge in [-0.2, -0.15) is 0 Å². The van der Waals surface area contributed by atoms with Gasteiger partial charge < -0.3 is 14.4 Å². The third-order valence-electron chi connectivity index (χ3n) is 14.3. The third-order valence-corrected chi connectivity index (χ3v) is 14.3. The topological polar surface area (TPSA) is 51.8 Å².